The molecule has 0 aliphatic heterocycles. The molecule has 0 radical (unpaired) electrons. The summed E-state index contributed by atoms with van der Waals surface area (Å²) in [7, 11) is -3.16. The fourth-order valence-corrected chi connectivity index (χ4v) is 7.74. The van der Waals surface area contributed by atoms with E-state index in [2.05, 4.69) is 48.1 Å². The molecule has 31 heavy (non-hydrogen) atoms. The van der Waals surface area contributed by atoms with E-state index >= 15 is 0 Å². The van der Waals surface area contributed by atoms with Crippen LogP contribution in [0.3, 0.4) is 0 Å². The Bertz CT molecular complexity index is 302. The molecule has 0 N–H and O–H groups in total. The second-order valence-corrected chi connectivity index (χ2v) is 14.1. The SMILES string of the molecule is CCCCCO[Si](C)(CCCC)OCCCCC.CCCC[SiH](OCCC)OCCC. The van der Waals surface area contributed by atoms with Gasteiger partial charge in [0.25, 0.3) is 0 Å². The fourth-order valence-electron chi connectivity index (χ4n) is 3.05. The Morgan fingerprint density at radius 3 is 1.35 bits per heavy atom. The molecule has 0 fully saturated rings. The van der Waals surface area contributed by atoms with Crippen LogP contribution in [0.4, 0.5) is 0 Å². The van der Waals surface area contributed by atoms with Gasteiger partial charge < -0.3 is 17.7 Å². The standard InChI is InChI=1S/C15H34O2Si.C10H24O2Si/c1-5-8-11-13-16-18(4,15-10-7-3)17-14-12-9-6-2;1-4-7-10-13(11-8-5-2)12-9-6-3/h5-15H2,1-4H3;13H,4-10H2,1-3H3. The maximum atomic E-state index is 6.13. The van der Waals surface area contributed by atoms with Crippen molar-refractivity contribution in [1.82, 2.24) is 0 Å². The Morgan fingerprint density at radius 2 is 0.968 bits per heavy atom. The zero-order valence-electron chi connectivity index (χ0n) is 22.4. The molecule has 0 saturated carbocycles. The molecule has 0 aromatic carbocycles. The van der Waals surface area contributed by atoms with Crippen molar-refractivity contribution in [1.29, 1.82) is 0 Å². The highest BCUT2D eigenvalue weighted by molar-refractivity contribution is 6.66. The van der Waals surface area contributed by atoms with Crippen molar-refractivity contribution in [2.75, 3.05) is 26.4 Å². The largest absolute Gasteiger partial charge is 0.397 e. The molecule has 0 saturated heterocycles. The van der Waals surface area contributed by atoms with Crippen molar-refractivity contribution in [3.63, 3.8) is 0 Å². The van der Waals surface area contributed by atoms with Crippen LogP contribution < -0.4 is 0 Å². The van der Waals surface area contributed by atoms with E-state index in [4.69, 9.17) is 17.7 Å². The van der Waals surface area contributed by atoms with Crippen molar-refractivity contribution < 1.29 is 17.7 Å². The van der Waals surface area contributed by atoms with Crippen molar-refractivity contribution >= 4 is 17.8 Å². The van der Waals surface area contributed by atoms with Gasteiger partial charge in [-0.3, -0.25) is 0 Å². The normalized spacial score (nSPS) is 11.6. The molecule has 0 amide bonds. The first-order valence-corrected chi connectivity index (χ1v) is 17.8. The van der Waals surface area contributed by atoms with Crippen LogP contribution >= 0.6 is 0 Å². The van der Waals surface area contributed by atoms with E-state index in [-0.39, 0.29) is 0 Å². The summed E-state index contributed by atoms with van der Waals surface area (Å²) in [5.74, 6) is 0. The summed E-state index contributed by atoms with van der Waals surface area (Å²) in [6, 6.07) is 2.33. The zero-order chi connectivity index (χ0) is 23.6. The predicted molar refractivity (Wildman–Crippen MR) is 142 cm³/mol. The molecule has 0 aliphatic carbocycles. The number of hydrogen-bond acceptors (Lipinski definition) is 4. The summed E-state index contributed by atoms with van der Waals surface area (Å²) in [5, 5.41) is 0. The summed E-state index contributed by atoms with van der Waals surface area (Å²) >= 11 is 0. The highest BCUT2D eigenvalue weighted by Crippen LogP contribution is 2.18. The van der Waals surface area contributed by atoms with Crippen LogP contribution in [0.15, 0.2) is 0 Å². The number of hydrogen-bond donors (Lipinski definition) is 0. The lowest BCUT2D eigenvalue weighted by atomic mass is 10.3. The predicted octanol–water partition coefficient (Wildman–Crippen LogP) is 8.13. The molecule has 0 spiro atoms. The molecule has 0 rings (SSSR count). The van der Waals surface area contributed by atoms with Gasteiger partial charge in [0, 0.05) is 26.4 Å². The van der Waals surface area contributed by atoms with Crippen LogP contribution in [0.5, 0.6) is 0 Å². The second-order valence-electron chi connectivity index (χ2n) is 8.66. The van der Waals surface area contributed by atoms with Crippen molar-refractivity contribution in [2.24, 2.45) is 0 Å². The Kier molecular flexibility index (Phi) is 28.6. The monoisotopic (exact) mass is 478 g/mol. The highest BCUT2D eigenvalue weighted by atomic mass is 28.4. The summed E-state index contributed by atoms with van der Waals surface area (Å²) in [5.41, 5.74) is 0. The fraction of sp³-hybridized carbons (Fsp3) is 1.00. The van der Waals surface area contributed by atoms with Gasteiger partial charge >= 0.3 is 17.8 Å². The van der Waals surface area contributed by atoms with Crippen LogP contribution in [-0.2, 0) is 17.7 Å². The summed E-state index contributed by atoms with van der Waals surface area (Å²) in [4.78, 5) is 0. The Labute approximate surface area is 199 Å². The first-order valence-electron chi connectivity index (χ1n) is 13.5. The first-order chi connectivity index (χ1) is 15.0. The third-order valence-corrected chi connectivity index (χ3v) is 10.1. The van der Waals surface area contributed by atoms with Crippen molar-refractivity contribution in [2.45, 2.75) is 137 Å². The van der Waals surface area contributed by atoms with E-state index < -0.39 is 17.8 Å². The highest BCUT2D eigenvalue weighted by Gasteiger charge is 2.30. The van der Waals surface area contributed by atoms with Gasteiger partial charge in [-0.2, -0.15) is 0 Å². The molecule has 0 aromatic rings. The molecular weight excluding hydrogens is 420 g/mol. The third-order valence-electron chi connectivity index (χ3n) is 5.10. The first kappa shape index (κ1) is 33.4. The van der Waals surface area contributed by atoms with E-state index in [0.29, 0.717) is 0 Å². The molecule has 0 atom stereocenters. The lowest BCUT2D eigenvalue weighted by molar-refractivity contribution is 0.166. The van der Waals surface area contributed by atoms with E-state index in [9.17, 15) is 0 Å². The minimum absolute atomic E-state index is 0.879. The summed E-state index contributed by atoms with van der Waals surface area (Å²) in [6.45, 7) is 19.0. The van der Waals surface area contributed by atoms with Crippen LogP contribution in [0.25, 0.3) is 0 Å². The van der Waals surface area contributed by atoms with Crippen molar-refractivity contribution in [3.8, 4) is 0 Å². The van der Waals surface area contributed by atoms with Crippen LogP contribution in [0.2, 0.25) is 18.6 Å². The van der Waals surface area contributed by atoms with E-state index in [0.717, 1.165) is 45.3 Å². The molecular formula is C25H58O4Si2. The Balaban J connectivity index is 0. The average molecular weight is 479 g/mol. The van der Waals surface area contributed by atoms with Gasteiger partial charge in [-0.05, 0) is 44.3 Å². The van der Waals surface area contributed by atoms with E-state index in [1.807, 2.05) is 0 Å². The summed E-state index contributed by atoms with van der Waals surface area (Å²) in [6.07, 6.45) is 14.6. The summed E-state index contributed by atoms with van der Waals surface area (Å²) < 4.78 is 23.7. The van der Waals surface area contributed by atoms with Crippen LogP contribution in [-0.4, -0.2) is 44.3 Å². The molecule has 0 bridgehead atoms. The van der Waals surface area contributed by atoms with Crippen molar-refractivity contribution in [3.05, 3.63) is 0 Å². The molecule has 190 valence electrons. The average Bonchev–Trinajstić information content (AvgIpc) is 2.78. The number of unbranched alkanes of at least 4 members (excludes halogenated alkanes) is 6. The minimum atomic E-state index is -1.87. The van der Waals surface area contributed by atoms with Gasteiger partial charge in [0.05, 0.1) is 0 Å². The molecule has 0 unspecified atom stereocenters. The second kappa shape index (κ2) is 26.5. The minimum Gasteiger partial charge on any atom is -0.397 e. The quantitative estimate of drug-likeness (QED) is 0.116. The maximum Gasteiger partial charge on any atom is 0.334 e. The molecule has 0 heterocycles. The van der Waals surface area contributed by atoms with Crippen LogP contribution in [0, 0.1) is 0 Å². The van der Waals surface area contributed by atoms with E-state index in [1.54, 1.807) is 0 Å². The van der Waals surface area contributed by atoms with Crippen LogP contribution in [0.1, 0.15) is 119 Å². The lowest BCUT2D eigenvalue weighted by Crippen LogP contribution is -2.39. The van der Waals surface area contributed by atoms with Gasteiger partial charge in [-0.25, -0.2) is 0 Å². The van der Waals surface area contributed by atoms with Gasteiger partial charge in [0.15, 0.2) is 0 Å². The van der Waals surface area contributed by atoms with Gasteiger partial charge in [0.1, 0.15) is 0 Å². The molecule has 4 nitrogen and oxygen atoms in total. The zero-order valence-corrected chi connectivity index (χ0v) is 24.6. The van der Waals surface area contributed by atoms with Gasteiger partial charge in [0.2, 0.25) is 0 Å². The molecule has 6 heteroatoms. The topological polar surface area (TPSA) is 36.9 Å². The van der Waals surface area contributed by atoms with Gasteiger partial charge in [-0.15, -0.1) is 0 Å². The third kappa shape index (κ3) is 24.7. The van der Waals surface area contributed by atoms with E-state index in [1.165, 1.54) is 70.3 Å². The number of rotatable bonds is 22. The lowest BCUT2D eigenvalue weighted by Gasteiger charge is -2.27. The smallest absolute Gasteiger partial charge is 0.334 e. The van der Waals surface area contributed by atoms with Gasteiger partial charge in [-0.1, -0.05) is 92.9 Å². The maximum absolute atomic E-state index is 6.13. The Morgan fingerprint density at radius 1 is 0.516 bits per heavy atom. The molecule has 0 aliphatic rings. The molecule has 0 aromatic heterocycles. The Hall–Kier alpha value is 0.274.